The van der Waals surface area contributed by atoms with Gasteiger partial charge in [-0.15, -0.1) is 0 Å². The molecule has 7 N–H and O–H groups in total. The Hall–Kier alpha value is -1.20. The van der Waals surface area contributed by atoms with Crippen molar-refractivity contribution in [1.29, 1.82) is 0 Å². The minimum Gasteiger partial charge on any atom is -0.394 e. The van der Waals surface area contributed by atoms with Crippen LogP contribution in [0.1, 0.15) is 17.5 Å². The molecule has 0 spiro atoms. The lowest BCUT2D eigenvalue weighted by atomic mass is 10.1. The number of aliphatic hydroxyl groups excluding tert-OH is 7. The van der Waals surface area contributed by atoms with E-state index < -0.39 is 43.7 Å². The van der Waals surface area contributed by atoms with Gasteiger partial charge in [-0.05, 0) is 0 Å². The first-order valence-corrected chi connectivity index (χ1v) is 6.33. The smallest absolute Gasteiger partial charge is 0.126 e. The van der Waals surface area contributed by atoms with Crippen molar-refractivity contribution in [3.05, 3.63) is 23.8 Å². The Morgan fingerprint density at radius 3 is 1.90 bits per heavy atom. The van der Waals surface area contributed by atoms with Gasteiger partial charge in [0.1, 0.15) is 24.4 Å². The molecule has 21 heavy (non-hydrogen) atoms. The van der Waals surface area contributed by atoms with Crippen LogP contribution in [0.25, 0.3) is 0 Å². The van der Waals surface area contributed by atoms with Crippen molar-refractivity contribution in [3.63, 3.8) is 0 Å². The van der Waals surface area contributed by atoms with E-state index in [0.717, 1.165) is 6.20 Å². The van der Waals surface area contributed by atoms with E-state index in [4.69, 9.17) is 10.2 Å². The number of aromatic nitrogens is 2. The van der Waals surface area contributed by atoms with Crippen molar-refractivity contribution >= 4 is 0 Å². The molecule has 0 bridgehead atoms. The van der Waals surface area contributed by atoms with E-state index in [2.05, 4.69) is 9.97 Å². The van der Waals surface area contributed by atoms with Gasteiger partial charge in [0, 0.05) is 12.6 Å². The predicted molar refractivity (Wildman–Crippen MR) is 68.9 cm³/mol. The lowest BCUT2D eigenvalue weighted by molar-refractivity contribution is -0.0790. The normalized spacial score (nSPS) is 18.8. The third kappa shape index (κ3) is 4.93. The Kier molecular flexibility index (Phi) is 7.05. The van der Waals surface area contributed by atoms with Gasteiger partial charge in [0.05, 0.1) is 36.9 Å². The van der Waals surface area contributed by atoms with Crippen LogP contribution in [0.5, 0.6) is 0 Å². The van der Waals surface area contributed by atoms with Crippen molar-refractivity contribution in [2.45, 2.75) is 36.9 Å². The van der Waals surface area contributed by atoms with E-state index in [1.807, 2.05) is 0 Å². The van der Waals surface area contributed by atoms with Gasteiger partial charge < -0.3 is 35.7 Å². The van der Waals surface area contributed by atoms with Crippen LogP contribution in [0.4, 0.5) is 0 Å². The third-order valence-electron chi connectivity index (χ3n) is 2.98. The van der Waals surface area contributed by atoms with E-state index in [1.165, 1.54) is 6.20 Å². The zero-order chi connectivity index (χ0) is 16.0. The van der Waals surface area contributed by atoms with Crippen LogP contribution >= 0.6 is 0 Å². The Bertz CT molecular complexity index is 417. The second-order valence-electron chi connectivity index (χ2n) is 4.64. The molecule has 0 radical (unpaired) electrons. The molecule has 0 fully saturated rings. The second kappa shape index (κ2) is 8.29. The average Bonchev–Trinajstić information content (AvgIpc) is 2.52. The maximum atomic E-state index is 9.74. The monoisotopic (exact) mass is 304 g/mol. The zero-order valence-corrected chi connectivity index (χ0v) is 11.2. The minimum absolute atomic E-state index is 0.0176. The lowest BCUT2D eigenvalue weighted by Crippen LogP contribution is -2.35. The third-order valence-corrected chi connectivity index (χ3v) is 2.98. The molecule has 0 saturated heterocycles. The summed E-state index contributed by atoms with van der Waals surface area (Å²) in [7, 11) is 0. The summed E-state index contributed by atoms with van der Waals surface area (Å²) in [4.78, 5) is 7.73. The quantitative estimate of drug-likeness (QED) is 0.257. The first kappa shape index (κ1) is 17.9. The molecular formula is C12H20N2O7. The van der Waals surface area contributed by atoms with Crippen molar-refractivity contribution in [2.24, 2.45) is 0 Å². The largest absolute Gasteiger partial charge is 0.394 e. The SMILES string of the molecule is OC[C@@H](O)[C@H](O)[C@@H](O)c1cnc(C[C@H](O)[C@H](O)CO)cn1. The summed E-state index contributed by atoms with van der Waals surface area (Å²) < 4.78 is 0. The molecule has 1 aromatic rings. The Morgan fingerprint density at radius 1 is 0.810 bits per heavy atom. The van der Waals surface area contributed by atoms with Gasteiger partial charge >= 0.3 is 0 Å². The highest BCUT2D eigenvalue weighted by Gasteiger charge is 2.26. The van der Waals surface area contributed by atoms with Crippen LogP contribution in [0.3, 0.4) is 0 Å². The summed E-state index contributed by atoms with van der Waals surface area (Å²) in [5, 5.41) is 64.6. The Morgan fingerprint density at radius 2 is 1.43 bits per heavy atom. The van der Waals surface area contributed by atoms with Crippen LogP contribution < -0.4 is 0 Å². The van der Waals surface area contributed by atoms with Crippen molar-refractivity contribution < 1.29 is 35.7 Å². The van der Waals surface area contributed by atoms with Crippen LogP contribution in [-0.4, -0.2) is 83.3 Å². The molecule has 0 saturated carbocycles. The van der Waals surface area contributed by atoms with Gasteiger partial charge in [0.15, 0.2) is 0 Å². The fraction of sp³-hybridized carbons (Fsp3) is 0.667. The van der Waals surface area contributed by atoms with E-state index in [-0.39, 0.29) is 12.1 Å². The molecule has 1 heterocycles. The summed E-state index contributed by atoms with van der Waals surface area (Å²) in [6.07, 6.45) is -4.83. The van der Waals surface area contributed by atoms with Gasteiger partial charge in [-0.3, -0.25) is 9.97 Å². The van der Waals surface area contributed by atoms with Crippen LogP contribution in [-0.2, 0) is 6.42 Å². The Balaban J connectivity index is 2.69. The number of rotatable bonds is 8. The molecule has 0 aliphatic carbocycles. The predicted octanol–water partition coefficient (Wildman–Crippen LogP) is -3.52. The van der Waals surface area contributed by atoms with Crippen molar-refractivity contribution in [3.8, 4) is 0 Å². The molecule has 0 aliphatic rings. The van der Waals surface area contributed by atoms with Gasteiger partial charge in [-0.2, -0.15) is 0 Å². The summed E-state index contributed by atoms with van der Waals surface area (Å²) in [6.45, 7) is -1.30. The van der Waals surface area contributed by atoms with Crippen LogP contribution in [0.2, 0.25) is 0 Å². The minimum atomic E-state index is -1.61. The number of hydrogen-bond acceptors (Lipinski definition) is 9. The Labute approximate surface area is 120 Å². The molecule has 1 rings (SSSR count). The highest BCUT2D eigenvalue weighted by molar-refractivity contribution is 5.08. The molecule has 5 atom stereocenters. The second-order valence-corrected chi connectivity index (χ2v) is 4.64. The maximum absolute atomic E-state index is 9.74. The van der Waals surface area contributed by atoms with E-state index >= 15 is 0 Å². The molecule has 0 unspecified atom stereocenters. The molecule has 9 heteroatoms. The molecule has 0 aliphatic heterocycles. The van der Waals surface area contributed by atoms with E-state index in [1.54, 1.807) is 0 Å². The molecule has 120 valence electrons. The van der Waals surface area contributed by atoms with Crippen LogP contribution in [0.15, 0.2) is 12.4 Å². The van der Waals surface area contributed by atoms with Crippen LogP contribution in [0, 0.1) is 0 Å². The van der Waals surface area contributed by atoms with Crippen molar-refractivity contribution in [1.82, 2.24) is 9.97 Å². The summed E-state index contributed by atoms with van der Waals surface area (Å²) >= 11 is 0. The molecular weight excluding hydrogens is 284 g/mol. The standard InChI is InChI=1S/C12H20N2O7/c15-4-9(18)8(17)1-6-2-14-7(3-13-6)11(20)12(21)10(19)5-16/h2-3,8-12,15-21H,1,4-5H2/t8-,9+,10+,11-,12-/m0/s1. The summed E-state index contributed by atoms with van der Waals surface area (Å²) in [6, 6.07) is 0. The zero-order valence-electron chi connectivity index (χ0n) is 11.2. The number of nitrogens with zero attached hydrogens (tertiary/aromatic N) is 2. The lowest BCUT2D eigenvalue weighted by Gasteiger charge is -2.21. The fourth-order valence-electron chi connectivity index (χ4n) is 1.59. The van der Waals surface area contributed by atoms with Gasteiger partial charge in [0.2, 0.25) is 0 Å². The first-order chi connectivity index (χ1) is 9.90. The van der Waals surface area contributed by atoms with Gasteiger partial charge in [0.25, 0.3) is 0 Å². The van der Waals surface area contributed by atoms with Gasteiger partial charge in [-0.1, -0.05) is 0 Å². The molecule has 1 aromatic heterocycles. The maximum Gasteiger partial charge on any atom is 0.126 e. The molecule has 0 aromatic carbocycles. The highest BCUT2D eigenvalue weighted by atomic mass is 16.4. The molecule has 0 amide bonds. The topological polar surface area (TPSA) is 167 Å². The average molecular weight is 304 g/mol. The fourth-order valence-corrected chi connectivity index (χ4v) is 1.59. The highest BCUT2D eigenvalue weighted by Crippen LogP contribution is 2.16. The number of aliphatic hydroxyl groups is 7. The van der Waals surface area contributed by atoms with E-state index in [0.29, 0.717) is 5.69 Å². The summed E-state index contributed by atoms with van der Waals surface area (Å²) in [5.74, 6) is 0. The first-order valence-electron chi connectivity index (χ1n) is 6.33. The number of hydrogen-bond donors (Lipinski definition) is 7. The molecule has 9 nitrogen and oxygen atoms in total. The van der Waals surface area contributed by atoms with Gasteiger partial charge in [-0.25, -0.2) is 0 Å². The summed E-state index contributed by atoms with van der Waals surface area (Å²) in [5.41, 5.74) is 0.291. The van der Waals surface area contributed by atoms with Crippen molar-refractivity contribution in [2.75, 3.05) is 13.2 Å². The van der Waals surface area contributed by atoms with E-state index in [9.17, 15) is 25.5 Å².